The summed E-state index contributed by atoms with van der Waals surface area (Å²) in [5.74, 6) is -1.72. The van der Waals surface area contributed by atoms with Crippen molar-refractivity contribution < 1.29 is 19.6 Å². The predicted molar refractivity (Wildman–Crippen MR) is 78.6 cm³/mol. The predicted octanol–water partition coefficient (Wildman–Crippen LogP) is 2.16. The van der Waals surface area contributed by atoms with Gasteiger partial charge in [-0.2, -0.15) is 0 Å². The molecule has 0 saturated heterocycles. The number of carboxylic acid groups (broad SMARTS) is 1. The van der Waals surface area contributed by atoms with Crippen LogP contribution in [0.1, 0.15) is 24.2 Å². The first kappa shape index (κ1) is 17.0. The lowest BCUT2D eigenvalue weighted by Gasteiger charge is -2.19. The first-order valence-electron chi connectivity index (χ1n) is 6.03. The molecular weight excluding hydrogens is 296 g/mol. The molecule has 0 bridgehead atoms. The molecule has 0 atom stereocenters. The highest BCUT2D eigenvalue weighted by Gasteiger charge is 2.29. The van der Waals surface area contributed by atoms with Gasteiger partial charge in [-0.1, -0.05) is 0 Å². The smallest absolute Gasteiger partial charge is 0.310 e. The number of carboxylic acids is 1. The Balaban J connectivity index is 3.01. The van der Waals surface area contributed by atoms with Gasteiger partial charge in [0.2, 0.25) is 0 Å². The molecule has 114 valence electrons. The third-order valence-corrected chi connectivity index (χ3v) is 3.64. The van der Waals surface area contributed by atoms with Gasteiger partial charge in [0, 0.05) is 17.5 Å². The number of thioether (sulfide) groups is 1. The minimum atomic E-state index is -1.15. The number of carbonyl (C=O) groups is 2. The largest absolute Gasteiger partial charge is 0.481 e. The lowest BCUT2D eigenvalue weighted by Crippen LogP contribution is -2.39. The maximum atomic E-state index is 12.1. The summed E-state index contributed by atoms with van der Waals surface area (Å²) in [4.78, 5) is 34.1. The zero-order valence-corrected chi connectivity index (χ0v) is 12.7. The van der Waals surface area contributed by atoms with Crippen LogP contribution in [0, 0.1) is 15.5 Å². The normalized spacial score (nSPS) is 11.0. The Labute approximate surface area is 125 Å². The lowest BCUT2D eigenvalue weighted by atomic mass is 9.94. The van der Waals surface area contributed by atoms with E-state index < -0.39 is 22.2 Å². The van der Waals surface area contributed by atoms with E-state index in [4.69, 9.17) is 5.11 Å². The topological polar surface area (TPSA) is 110 Å². The minimum absolute atomic E-state index is 0.0759. The highest BCUT2D eigenvalue weighted by atomic mass is 32.2. The minimum Gasteiger partial charge on any atom is -0.481 e. The molecule has 0 fully saturated rings. The van der Waals surface area contributed by atoms with Crippen molar-refractivity contribution in [3.63, 3.8) is 0 Å². The molecule has 0 aliphatic rings. The van der Waals surface area contributed by atoms with Crippen molar-refractivity contribution in [1.82, 2.24) is 5.32 Å². The second-order valence-corrected chi connectivity index (χ2v) is 5.89. The number of benzene rings is 1. The van der Waals surface area contributed by atoms with Crippen molar-refractivity contribution in [1.29, 1.82) is 0 Å². The third kappa shape index (κ3) is 4.19. The Morgan fingerprint density at radius 2 is 2.05 bits per heavy atom. The van der Waals surface area contributed by atoms with Crippen LogP contribution in [0.25, 0.3) is 0 Å². The molecule has 0 spiro atoms. The number of amides is 1. The van der Waals surface area contributed by atoms with Crippen LogP contribution in [0.2, 0.25) is 0 Å². The van der Waals surface area contributed by atoms with Crippen LogP contribution in [0.15, 0.2) is 23.1 Å². The molecule has 0 heterocycles. The highest BCUT2D eigenvalue weighted by Crippen LogP contribution is 2.25. The Morgan fingerprint density at radius 1 is 1.43 bits per heavy atom. The molecule has 1 aromatic carbocycles. The van der Waals surface area contributed by atoms with Gasteiger partial charge < -0.3 is 10.4 Å². The van der Waals surface area contributed by atoms with Crippen LogP contribution in [0.4, 0.5) is 5.69 Å². The molecule has 7 nitrogen and oxygen atoms in total. The number of nitrogens with zero attached hydrogens (tertiary/aromatic N) is 1. The van der Waals surface area contributed by atoms with Gasteiger partial charge in [0.25, 0.3) is 11.6 Å². The number of hydrogen-bond donors (Lipinski definition) is 2. The number of hydrogen-bond acceptors (Lipinski definition) is 5. The lowest BCUT2D eigenvalue weighted by molar-refractivity contribution is -0.385. The quantitative estimate of drug-likeness (QED) is 0.473. The SMILES string of the molecule is CSc1ccc([N+](=O)[O-])c(C(=O)NCC(C)(C)C(=O)O)c1. The van der Waals surface area contributed by atoms with Crippen LogP contribution in [0.5, 0.6) is 0 Å². The summed E-state index contributed by atoms with van der Waals surface area (Å²) in [5.41, 5.74) is -1.53. The molecule has 8 heteroatoms. The van der Waals surface area contributed by atoms with Crippen molar-refractivity contribution in [2.24, 2.45) is 5.41 Å². The second kappa shape index (κ2) is 6.57. The molecule has 21 heavy (non-hydrogen) atoms. The molecule has 0 aromatic heterocycles. The standard InChI is InChI=1S/C13H16N2O5S/c1-13(2,12(17)18)7-14-11(16)9-6-8(21-3)4-5-10(9)15(19)20/h4-6H,7H2,1-3H3,(H,14,16)(H,17,18). The van der Waals surface area contributed by atoms with Crippen molar-refractivity contribution in [3.05, 3.63) is 33.9 Å². The van der Waals surface area contributed by atoms with E-state index in [1.165, 1.54) is 37.7 Å². The molecule has 0 unspecified atom stereocenters. The van der Waals surface area contributed by atoms with Crippen LogP contribution in [-0.2, 0) is 4.79 Å². The molecule has 0 aliphatic heterocycles. The number of rotatable bonds is 6. The van der Waals surface area contributed by atoms with Crippen molar-refractivity contribution in [2.75, 3.05) is 12.8 Å². The Kier molecular flexibility index (Phi) is 5.31. The van der Waals surface area contributed by atoms with Gasteiger partial charge in [0.05, 0.1) is 10.3 Å². The van der Waals surface area contributed by atoms with E-state index in [1.54, 1.807) is 12.3 Å². The number of nitrogens with one attached hydrogen (secondary N) is 1. The van der Waals surface area contributed by atoms with E-state index in [0.29, 0.717) is 4.90 Å². The van der Waals surface area contributed by atoms with Gasteiger partial charge in [-0.25, -0.2) is 0 Å². The number of nitro groups is 1. The maximum Gasteiger partial charge on any atom is 0.310 e. The second-order valence-electron chi connectivity index (χ2n) is 5.01. The fourth-order valence-electron chi connectivity index (χ4n) is 1.46. The van der Waals surface area contributed by atoms with Gasteiger partial charge in [-0.05, 0) is 32.2 Å². The Morgan fingerprint density at radius 3 is 2.52 bits per heavy atom. The van der Waals surface area contributed by atoms with Gasteiger partial charge in [-0.3, -0.25) is 19.7 Å². The molecular formula is C13H16N2O5S. The summed E-state index contributed by atoms with van der Waals surface area (Å²) < 4.78 is 0. The average molecular weight is 312 g/mol. The molecule has 1 aromatic rings. The fraction of sp³-hybridized carbons (Fsp3) is 0.385. The first-order chi connectivity index (χ1) is 9.69. The van der Waals surface area contributed by atoms with Crippen LogP contribution < -0.4 is 5.32 Å². The van der Waals surface area contributed by atoms with E-state index in [-0.39, 0.29) is 17.8 Å². The number of aliphatic carboxylic acids is 1. The summed E-state index contributed by atoms with van der Waals surface area (Å²) in [6.45, 7) is 2.80. The summed E-state index contributed by atoms with van der Waals surface area (Å²) in [6.07, 6.45) is 1.79. The fourth-order valence-corrected chi connectivity index (χ4v) is 1.90. The zero-order valence-electron chi connectivity index (χ0n) is 11.9. The van der Waals surface area contributed by atoms with E-state index in [2.05, 4.69) is 5.32 Å². The highest BCUT2D eigenvalue weighted by molar-refractivity contribution is 7.98. The maximum absolute atomic E-state index is 12.1. The average Bonchev–Trinajstić information content (AvgIpc) is 2.43. The van der Waals surface area contributed by atoms with E-state index >= 15 is 0 Å². The summed E-state index contributed by atoms with van der Waals surface area (Å²) in [6, 6.07) is 4.25. The van der Waals surface area contributed by atoms with E-state index in [9.17, 15) is 19.7 Å². The van der Waals surface area contributed by atoms with Crippen molar-refractivity contribution in [2.45, 2.75) is 18.7 Å². The summed E-state index contributed by atoms with van der Waals surface area (Å²) >= 11 is 1.35. The van der Waals surface area contributed by atoms with Crippen LogP contribution in [-0.4, -0.2) is 34.7 Å². The Hall–Kier alpha value is -2.09. The molecule has 1 amide bonds. The monoisotopic (exact) mass is 312 g/mol. The van der Waals surface area contributed by atoms with Crippen molar-refractivity contribution >= 4 is 29.3 Å². The van der Waals surface area contributed by atoms with Gasteiger partial charge in [0.1, 0.15) is 5.56 Å². The molecule has 0 aliphatic carbocycles. The van der Waals surface area contributed by atoms with Gasteiger partial charge in [0.15, 0.2) is 0 Å². The van der Waals surface area contributed by atoms with Gasteiger partial charge in [-0.15, -0.1) is 11.8 Å². The first-order valence-corrected chi connectivity index (χ1v) is 7.25. The number of nitro benzene ring substituents is 1. The summed E-state index contributed by atoms with van der Waals surface area (Å²) in [5, 5.41) is 22.4. The van der Waals surface area contributed by atoms with Crippen LogP contribution >= 0.6 is 11.8 Å². The Bertz CT molecular complexity index is 586. The van der Waals surface area contributed by atoms with E-state index in [1.807, 2.05) is 0 Å². The number of carbonyl (C=O) groups excluding carboxylic acids is 1. The van der Waals surface area contributed by atoms with E-state index in [0.717, 1.165) is 0 Å². The third-order valence-electron chi connectivity index (χ3n) is 2.91. The molecule has 0 saturated carbocycles. The molecule has 0 radical (unpaired) electrons. The zero-order chi connectivity index (χ0) is 16.2. The molecule has 2 N–H and O–H groups in total. The molecule has 1 rings (SSSR count). The summed E-state index contributed by atoms with van der Waals surface area (Å²) in [7, 11) is 0. The van der Waals surface area contributed by atoms with Crippen molar-refractivity contribution in [3.8, 4) is 0 Å². The van der Waals surface area contributed by atoms with Crippen LogP contribution in [0.3, 0.4) is 0 Å². The van der Waals surface area contributed by atoms with Gasteiger partial charge >= 0.3 is 5.97 Å².